The lowest BCUT2D eigenvalue weighted by atomic mass is 10.0. The van der Waals surface area contributed by atoms with Gasteiger partial charge in [-0.15, -0.1) is 0 Å². The first-order valence-electron chi connectivity index (χ1n) is 5.48. The zero-order valence-corrected chi connectivity index (χ0v) is 8.79. The minimum absolute atomic E-state index is 0.00725. The summed E-state index contributed by atoms with van der Waals surface area (Å²) in [7, 11) is 0. The molecule has 2 saturated heterocycles. The van der Waals surface area contributed by atoms with Gasteiger partial charge in [0.05, 0.1) is 18.1 Å². The molecule has 2 unspecified atom stereocenters. The lowest BCUT2D eigenvalue weighted by Gasteiger charge is -2.22. The molecule has 0 bridgehead atoms. The molecule has 0 aliphatic carbocycles. The van der Waals surface area contributed by atoms with Gasteiger partial charge >= 0.3 is 0 Å². The Kier molecular flexibility index (Phi) is 3.23. The summed E-state index contributed by atoms with van der Waals surface area (Å²) in [5.74, 6) is -0.0178. The lowest BCUT2D eigenvalue weighted by molar-refractivity contribution is -0.126. The maximum Gasteiger partial charge on any atom is 0.225 e. The molecule has 1 amide bonds. The smallest absolute Gasteiger partial charge is 0.225 e. The van der Waals surface area contributed by atoms with E-state index < -0.39 is 5.60 Å². The molecule has 2 aliphatic heterocycles. The Hall–Kier alpha value is -0.650. The highest BCUT2D eigenvalue weighted by molar-refractivity contribution is 5.79. The van der Waals surface area contributed by atoms with Gasteiger partial charge in [0.1, 0.15) is 0 Å². The molecule has 2 rings (SSSR count). The van der Waals surface area contributed by atoms with Crippen LogP contribution in [0.3, 0.4) is 0 Å². The molecule has 2 atom stereocenters. The highest BCUT2D eigenvalue weighted by Crippen LogP contribution is 2.15. The number of rotatable bonds is 3. The topological polar surface area (TPSA) is 70.6 Å². The van der Waals surface area contributed by atoms with Crippen LogP contribution in [0, 0.1) is 5.92 Å². The van der Waals surface area contributed by atoms with E-state index in [2.05, 4.69) is 10.6 Å². The summed E-state index contributed by atoms with van der Waals surface area (Å²) in [6.45, 7) is 2.91. The number of hydrogen-bond donors (Lipinski definition) is 3. The molecule has 0 aromatic rings. The molecule has 0 aromatic heterocycles. The molecule has 0 saturated carbocycles. The molecule has 0 radical (unpaired) electrons. The van der Waals surface area contributed by atoms with Gasteiger partial charge in [0, 0.05) is 19.7 Å². The molecule has 0 spiro atoms. The quantitative estimate of drug-likeness (QED) is 0.555. The number of carbonyl (C=O) groups is 1. The highest BCUT2D eigenvalue weighted by Gasteiger charge is 2.32. The summed E-state index contributed by atoms with van der Waals surface area (Å²) in [6, 6.07) is 0. The highest BCUT2D eigenvalue weighted by atomic mass is 16.5. The Balaban J connectivity index is 1.74. The summed E-state index contributed by atoms with van der Waals surface area (Å²) in [4.78, 5) is 11.6. The molecule has 2 aliphatic rings. The van der Waals surface area contributed by atoms with Crippen LogP contribution < -0.4 is 10.6 Å². The predicted molar refractivity (Wildman–Crippen MR) is 54.4 cm³/mol. The fraction of sp³-hybridized carbons (Fsp3) is 0.900. The SMILES string of the molecule is O=C(NCC1(O)CCNC1)C1CCOC1. The second-order valence-corrected chi connectivity index (χ2v) is 4.43. The summed E-state index contributed by atoms with van der Waals surface area (Å²) >= 11 is 0. The first-order chi connectivity index (χ1) is 7.20. The van der Waals surface area contributed by atoms with E-state index in [9.17, 15) is 9.90 Å². The minimum Gasteiger partial charge on any atom is -0.387 e. The average molecular weight is 214 g/mol. The van der Waals surface area contributed by atoms with E-state index in [-0.39, 0.29) is 11.8 Å². The number of carbonyl (C=O) groups excluding carboxylic acids is 1. The van der Waals surface area contributed by atoms with Crippen LogP contribution in [0.1, 0.15) is 12.8 Å². The van der Waals surface area contributed by atoms with Gasteiger partial charge in [-0.2, -0.15) is 0 Å². The Morgan fingerprint density at radius 1 is 1.67 bits per heavy atom. The monoisotopic (exact) mass is 214 g/mol. The summed E-state index contributed by atoms with van der Waals surface area (Å²) in [6.07, 6.45) is 1.50. The Labute approximate surface area is 89.2 Å². The summed E-state index contributed by atoms with van der Waals surface area (Å²) in [5.41, 5.74) is -0.755. The van der Waals surface area contributed by atoms with Crippen LogP contribution in [0.15, 0.2) is 0 Å². The Bertz CT molecular complexity index is 233. The fourth-order valence-electron chi connectivity index (χ4n) is 2.02. The second kappa shape index (κ2) is 4.47. The molecule has 2 fully saturated rings. The van der Waals surface area contributed by atoms with Gasteiger partial charge in [0.2, 0.25) is 5.91 Å². The minimum atomic E-state index is -0.755. The van der Waals surface area contributed by atoms with Crippen molar-refractivity contribution in [2.24, 2.45) is 5.92 Å². The molecular weight excluding hydrogens is 196 g/mol. The molecule has 3 N–H and O–H groups in total. The normalized spacial score (nSPS) is 35.7. The van der Waals surface area contributed by atoms with Gasteiger partial charge in [0.15, 0.2) is 0 Å². The van der Waals surface area contributed by atoms with Crippen LogP contribution in [0.2, 0.25) is 0 Å². The van der Waals surface area contributed by atoms with Crippen molar-refractivity contribution in [3.63, 3.8) is 0 Å². The van der Waals surface area contributed by atoms with E-state index in [1.807, 2.05) is 0 Å². The molecule has 15 heavy (non-hydrogen) atoms. The molecule has 0 aromatic carbocycles. The molecule has 5 nitrogen and oxygen atoms in total. The molecule has 5 heteroatoms. The van der Waals surface area contributed by atoms with Gasteiger partial charge in [-0.3, -0.25) is 4.79 Å². The van der Waals surface area contributed by atoms with Gasteiger partial charge < -0.3 is 20.5 Å². The number of β-amino-alcohol motifs (C(OH)–C–C–N with tert-alkyl or cyclic N) is 1. The van der Waals surface area contributed by atoms with Crippen LogP contribution in [-0.4, -0.2) is 49.5 Å². The van der Waals surface area contributed by atoms with E-state index in [1.54, 1.807) is 0 Å². The fourth-order valence-corrected chi connectivity index (χ4v) is 2.02. The Morgan fingerprint density at radius 2 is 2.53 bits per heavy atom. The van der Waals surface area contributed by atoms with E-state index in [0.29, 0.717) is 32.7 Å². The summed E-state index contributed by atoms with van der Waals surface area (Å²) in [5, 5.41) is 15.9. The van der Waals surface area contributed by atoms with Gasteiger partial charge in [-0.05, 0) is 19.4 Å². The van der Waals surface area contributed by atoms with E-state index >= 15 is 0 Å². The van der Waals surface area contributed by atoms with E-state index in [1.165, 1.54) is 0 Å². The van der Waals surface area contributed by atoms with Crippen LogP contribution in [0.4, 0.5) is 0 Å². The number of hydrogen-bond acceptors (Lipinski definition) is 4. The van der Waals surface area contributed by atoms with Gasteiger partial charge in [0.25, 0.3) is 0 Å². The first kappa shape index (κ1) is 10.9. The Morgan fingerprint density at radius 3 is 3.13 bits per heavy atom. The second-order valence-electron chi connectivity index (χ2n) is 4.43. The van der Waals surface area contributed by atoms with Crippen molar-refractivity contribution in [2.45, 2.75) is 18.4 Å². The first-order valence-corrected chi connectivity index (χ1v) is 5.48. The average Bonchev–Trinajstić information content (AvgIpc) is 2.85. The third kappa shape index (κ3) is 2.68. The number of nitrogens with one attached hydrogen (secondary N) is 2. The van der Waals surface area contributed by atoms with Crippen LogP contribution in [-0.2, 0) is 9.53 Å². The number of aliphatic hydroxyl groups is 1. The van der Waals surface area contributed by atoms with Crippen molar-refractivity contribution in [1.82, 2.24) is 10.6 Å². The number of amides is 1. The summed E-state index contributed by atoms with van der Waals surface area (Å²) < 4.78 is 5.14. The molecule has 86 valence electrons. The van der Waals surface area contributed by atoms with Crippen molar-refractivity contribution >= 4 is 5.91 Å². The maximum absolute atomic E-state index is 11.6. The van der Waals surface area contributed by atoms with E-state index in [4.69, 9.17) is 4.74 Å². The van der Waals surface area contributed by atoms with Crippen molar-refractivity contribution < 1.29 is 14.6 Å². The number of ether oxygens (including phenoxy) is 1. The predicted octanol–water partition coefficient (Wildman–Crippen LogP) is -1.14. The van der Waals surface area contributed by atoms with Gasteiger partial charge in [-0.1, -0.05) is 0 Å². The third-order valence-electron chi connectivity index (χ3n) is 3.11. The van der Waals surface area contributed by atoms with E-state index in [0.717, 1.165) is 13.0 Å². The standard InChI is InChI=1S/C10H18N2O3/c13-9(8-1-4-15-5-8)12-7-10(14)2-3-11-6-10/h8,11,14H,1-7H2,(H,12,13). The van der Waals surface area contributed by atoms with Crippen molar-refractivity contribution in [2.75, 3.05) is 32.8 Å². The lowest BCUT2D eigenvalue weighted by Crippen LogP contribution is -2.46. The molecule has 2 heterocycles. The van der Waals surface area contributed by atoms with Crippen molar-refractivity contribution in [3.05, 3.63) is 0 Å². The van der Waals surface area contributed by atoms with Gasteiger partial charge in [-0.25, -0.2) is 0 Å². The maximum atomic E-state index is 11.6. The van der Waals surface area contributed by atoms with Crippen LogP contribution in [0.5, 0.6) is 0 Å². The zero-order chi connectivity index (χ0) is 10.7. The van der Waals surface area contributed by atoms with Crippen LogP contribution in [0.25, 0.3) is 0 Å². The zero-order valence-electron chi connectivity index (χ0n) is 8.79. The van der Waals surface area contributed by atoms with Crippen molar-refractivity contribution in [1.29, 1.82) is 0 Å². The largest absolute Gasteiger partial charge is 0.387 e. The van der Waals surface area contributed by atoms with Crippen molar-refractivity contribution in [3.8, 4) is 0 Å². The molecular formula is C10H18N2O3. The van der Waals surface area contributed by atoms with Crippen LogP contribution >= 0.6 is 0 Å². The third-order valence-corrected chi connectivity index (χ3v) is 3.11.